The van der Waals surface area contributed by atoms with E-state index in [2.05, 4.69) is 17.6 Å². The highest BCUT2D eigenvalue weighted by Crippen LogP contribution is 2.36. The van der Waals surface area contributed by atoms with Crippen molar-refractivity contribution in [1.82, 2.24) is 10.6 Å². The van der Waals surface area contributed by atoms with Crippen LogP contribution in [-0.4, -0.2) is 38.3 Å². The fourth-order valence-electron chi connectivity index (χ4n) is 1.76. The highest BCUT2D eigenvalue weighted by molar-refractivity contribution is 5.81. The van der Waals surface area contributed by atoms with Gasteiger partial charge in [-0.15, -0.1) is 0 Å². The van der Waals surface area contributed by atoms with Crippen molar-refractivity contribution in [3.8, 4) is 0 Å². The van der Waals surface area contributed by atoms with Crippen molar-refractivity contribution in [3.63, 3.8) is 0 Å². The molecule has 2 aliphatic rings. The maximum atomic E-state index is 11.6. The normalized spacial score (nSPS) is 36.5. The molecule has 0 aromatic heterocycles. The fourth-order valence-corrected chi connectivity index (χ4v) is 1.76. The topological polar surface area (TPSA) is 50.4 Å². The lowest BCUT2D eigenvalue weighted by atomic mass is 10.2. The van der Waals surface area contributed by atoms with Gasteiger partial charge in [-0.2, -0.15) is 0 Å². The predicted octanol–water partition coefficient (Wildman–Crippen LogP) is -0.253. The average molecular weight is 198 g/mol. The van der Waals surface area contributed by atoms with Crippen LogP contribution in [0.3, 0.4) is 0 Å². The Morgan fingerprint density at radius 2 is 2.43 bits per heavy atom. The highest BCUT2D eigenvalue weighted by atomic mass is 16.5. The van der Waals surface area contributed by atoms with E-state index in [0.29, 0.717) is 19.1 Å². The smallest absolute Gasteiger partial charge is 0.250 e. The lowest BCUT2D eigenvalue weighted by Crippen LogP contribution is -2.48. The molecule has 3 unspecified atom stereocenters. The van der Waals surface area contributed by atoms with Crippen LogP contribution < -0.4 is 10.6 Å². The van der Waals surface area contributed by atoms with Gasteiger partial charge in [0.25, 0.3) is 0 Å². The van der Waals surface area contributed by atoms with Crippen LogP contribution in [0.4, 0.5) is 0 Å². The fraction of sp³-hybridized carbons (Fsp3) is 0.900. The number of hydrogen-bond donors (Lipinski definition) is 2. The molecule has 2 N–H and O–H groups in total. The third-order valence-corrected chi connectivity index (χ3v) is 3.03. The largest absolute Gasteiger partial charge is 0.366 e. The highest BCUT2D eigenvalue weighted by Gasteiger charge is 2.33. The van der Waals surface area contributed by atoms with E-state index in [1.807, 2.05) is 0 Å². The SMILES string of the molecule is CC1CC1CNC(=O)C1CNCCO1. The first-order valence-corrected chi connectivity index (χ1v) is 5.37. The Labute approximate surface area is 84.4 Å². The summed E-state index contributed by atoms with van der Waals surface area (Å²) in [4.78, 5) is 11.6. The monoisotopic (exact) mass is 198 g/mol. The molecule has 1 amide bonds. The summed E-state index contributed by atoms with van der Waals surface area (Å²) >= 11 is 0. The Morgan fingerprint density at radius 1 is 1.64 bits per heavy atom. The zero-order valence-electron chi connectivity index (χ0n) is 8.58. The molecule has 4 heteroatoms. The van der Waals surface area contributed by atoms with E-state index in [0.717, 1.165) is 19.0 Å². The summed E-state index contributed by atoms with van der Waals surface area (Å²) in [6.07, 6.45) is 0.974. The molecule has 1 aliphatic carbocycles. The zero-order valence-corrected chi connectivity index (χ0v) is 8.58. The van der Waals surface area contributed by atoms with E-state index in [1.54, 1.807) is 0 Å². The van der Waals surface area contributed by atoms with E-state index in [9.17, 15) is 4.79 Å². The molecule has 0 aromatic rings. The van der Waals surface area contributed by atoms with E-state index < -0.39 is 0 Å². The summed E-state index contributed by atoms with van der Waals surface area (Å²) in [5, 5.41) is 6.08. The molecule has 14 heavy (non-hydrogen) atoms. The number of nitrogens with one attached hydrogen (secondary N) is 2. The van der Waals surface area contributed by atoms with Gasteiger partial charge in [0.05, 0.1) is 6.61 Å². The summed E-state index contributed by atoms with van der Waals surface area (Å²) < 4.78 is 5.34. The van der Waals surface area contributed by atoms with Crippen LogP contribution in [0, 0.1) is 11.8 Å². The van der Waals surface area contributed by atoms with Gasteiger partial charge in [0, 0.05) is 19.6 Å². The van der Waals surface area contributed by atoms with E-state index in [1.165, 1.54) is 6.42 Å². The van der Waals surface area contributed by atoms with Gasteiger partial charge in [-0.3, -0.25) is 4.79 Å². The van der Waals surface area contributed by atoms with Crippen molar-refractivity contribution >= 4 is 5.91 Å². The lowest BCUT2D eigenvalue weighted by molar-refractivity contribution is -0.134. The minimum atomic E-state index is -0.280. The summed E-state index contributed by atoms with van der Waals surface area (Å²) in [5.74, 6) is 1.53. The maximum absolute atomic E-state index is 11.6. The second-order valence-electron chi connectivity index (χ2n) is 4.28. The molecule has 80 valence electrons. The predicted molar refractivity (Wildman–Crippen MR) is 52.9 cm³/mol. The Hall–Kier alpha value is -0.610. The van der Waals surface area contributed by atoms with Crippen molar-refractivity contribution in [3.05, 3.63) is 0 Å². The molecule has 3 atom stereocenters. The summed E-state index contributed by atoms with van der Waals surface area (Å²) in [5.41, 5.74) is 0. The molecule has 2 rings (SSSR count). The van der Waals surface area contributed by atoms with Crippen LogP contribution in [0.5, 0.6) is 0 Å². The number of morpholine rings is 1. The number of hydrogen-bond acceptors (Lipinski definition) is 3. The minimum Gasteiger partial charge on any atom is -0.366 e. The molecule has 0 bridgehead atoms. The van der Waals surface area contributed by atoms with Gasteiger partial charge in [-0.1, -0.05) is 6.92 Å². The quantitative estimate of drug-likeness (QED) is 0.657. The Balaban J connectivity index is 1.66. The zero-order chi connectivity index (χ0) is 9.97. The van der Waals surface area contributed by atoms with Gasteiger partial charge in [0.2, 0.25) is 5.91 Å². The van der Waals surface area contributed by atoms with Gasteiger partial charge in [-0.25, -0.2) is 0 Å². The van der Waals surface area contributed by atoms with Crippen LogP contribution in [0.2, 0.25) is 0 Å². The molecule has 2 fully saturated rings. The van der Waals surface area contributed by atoms with Gasteiger partial charge >= 0.3 is 0 Å². The third-order valence-electron chi connectivity index (χ3n) is 3.03. The lowest BCUT2D eigenvalue weighted by Gasteiger charge is -2.22. The maximum Gasteiger partial charge on any atom is 0.250 e. The standard InChI is InChI=1S/C10H18N2O2/c1-7-4-8(7)5-12-10(13)9-6-11-2-3-14-9/h7-9,11H,2-6H2,1H3,(H,12,13). The van der Waals surface area contributed by atoms with Crippen molar-refractivity contribution in [2.75, 3.05) is 26.2 Å². The first kappa shape index (κ1) is 9.93. The van der Waals surface area contributed by atoms with Crippen molar-refractivity contribution in [1.29, 1.82) is 0 Å². The first-order valence-electron chi connectivity index (χ1n) is 5.37. The Kier molecular flexibility index (Phi) is 3.03. The molecule has 4 nitrogen and oxygen atoms in total. The van der Waals surface area contributed by atoms with Crippen molar-refractivity contribution < 1.29 is 9.53 Å². The molecular formula is C10H18N2O2. The van der Waals surface area contributed by atoms with E-state index in [-0.39, 0.29) is 12.0 Å². The molecule has 0 spiro atoms. The number of amides is 1. The van der Waals surface area contributed by atoms with Crippen LogP contribution in [-0.2, 0) is 9.53 Å². The Bertz CT molecular complexity index is 214. The molecule has 1 saturated carbocycles. The number of rotatable bonds is 3. The molecular weight excluding hydrogens is 180 g/mol. The van der Waals surface area contributed by atoms with Gasteiger partial charge in [-0.05, 0) is 18.3 Å². The van der Waals surface area contributed by atoms with Crippen LogP contribution >= 0.6 is 0 Å². The van der Waals surface area contributed by atoms with Crippen LogP contribution in [0.25, 0.3) is 0 Å². The first-order chi connectivity index (χ1) is 6.77. The van der Waals surface area contributed by atoms with Crippen LogP contribution in [0.1, 0.15) is 13.3 Å². The number of carbonyl (C=O) groups is 1. The average Bonchev–Trinajstić information content (AvgIpc) is 2.92. The molecule has 0 aromatic carbocycles. The summed E-state index contributed by atoms with van der Waals surface area (Å²) in [6.45, 7) is 5.17. The van der Waals surface area contributed by atoms with E-state index >= 15 is 0 Å². The number of ether oxygens (including phenoxy) is 1. The van der Waals surface area contributed by atoms with Gasteiger partial charge in [0.15, 0.2) is 0 Å². The van der Waals surface area contributed by atoms with Crippen molar-refractivity contribution in [2.45, 2.75) is 19.4 Å². The van der Waals surface area contributed by atoms with Crippen molar-refractivity contribution in [2.24, 2.45) is 11.8 Å². The molecule has 1 aliphatic heterocycles. The second-order valence-corrected chi connectivity index (χ2v) is 4.28. The van der Waals surface area contributed by atoms with Gasteiger partial charge in [0.1, 0.15) is 6.10 Å². The minimum absolute atomic E-state index is 0.0382. The number of carbonyl (C=O) groups excluding carboxylic acids is 1. The molecule has 0 radical (unpaired) electrons. The Morgan fingerprint density at radius 3 is 3.00 bits per heavy atom. The summed E-state index contributed by atoms with van der Waals surface area (Å²) in [6, 6.07) is 0. The third kappa shape index (κ3) is 2.45. The summed E-state index contributed by atoms with van der Waals surface area (Å²) in [7, 11) is 0. The second kappa shape index (κ2) is 4.28. The molecule has 1 heterocycles. The van der Waals surface area contributed by atoms with E-state index in [4.69, 9.17) is 4.74 Å². The van der Waals surface area contributed by atoms with Crippen LogP contribution in [0.15, 0.2) is 0 Å². The van der Waals surface area contributed by atoms with Gasteiger partial charge < -0.3 is 15.4 Å². The molecule has 1 saturated heterocycles.